The zero-order valence-electron chi connectivity index (χ0n) is 14.0. The minimum Gasteiger partial charge on any atom is -0.357 e. The molecular weight excluding hydrogens is 246 g/mol. The fourth-order valence-corrected chi connectivity index (χ4v) is 2.57. The van der Waals surface area contributed by atoms with Crippen LogP contribution in [0.4, 0.5) is 5.82 Å². The van der Waals surface area contributed by atoms with E-state index in [0.29, 0.717) is 12.0 Å². The molecule has 1 unspecified atom stereocenters. The molecule has 3 heteroatoms. The normalized spacial score (nSPS) is 12.8. The van der Waals surface area contributed by atoms with E-state index in [0.717, 1.165) is 25.2 Å². The molecule has 0 saturated heterocycles. The van der Waals surface area contributed by atoms with Crippen LogP contribution in [0.15, 0.2) is 12.1 Å². The van der Waals surface area contributed by atoms with Crippen molar-refractivity contribution in [3.05, 3.63) is 23.4 Å². The van der Waals surface area contributed by atoms with Gasteiger partial charge in [0.05, 0.1) is 0 Å². The van der Waals surface area contributed by atoms with Crippen LogP contribution in [0.5, 0.6) is 0 Å². The van der Waals surface area contributed by atoms with E-state index in [1.165, 1.54) is 17.7 Å². The third-order valence-corrected chi connectivity index (χ3v) is 3.65. The van der Waals surface area contributed by atoms with E-state index < -0.39 is 0 Å². The minimum absolute atomic E-state index is 0.516. The summed E-state index contributed by atoms with van der Waals surface area (Å²) in [4.78, 5) is 7.15. The first-order valence-corrected chi connectivity index (χ1v) is 7.85. The quantitative estimate of drug-likeness (QED) is 0.786. The Morgan fingerprint density at radius 3 is 2.50 bits per heavy atom. The molecule has 114 valence electrons. The number of hydrogen-bond donors (Lipinski definition) is 1. The topological polar surface area (TPSA) is 28.2 Å². The maximum Gasteiger partial charge on any atom is 0.129 e. The van der Waals surface area contributed by atoms with Crippen LogP contribution >= 0.6 is 0 Å². The number of aromatic nitrogens is 1. The summed E-state index contributed by atoms with van der Waals surface area (Å²) in [5.41, 5.74) is 2.53. The molecule has 1 aromatic rings. The van der Waals surface area contributed by atoms with Gasteiger partial charge in [0.25, 0.3) is 0 Å². The summed E-state index contributed by atoms with van der Waals surface area (Å²) in [6, 6.07) is 4.96. The molecule has 1 aromatic heterocycles. The van der Waals surface area contributed by atoms with Gasteiger partial charge in [0, 0.05) is 25.3 Å². The molecule has 0 aromatic carbocycles. The molecule has 0 bridgehead atoms. The molecule has 1 atom stereocenters. The second-order valence-electron chi connectivity index (χ2n) is 6.19. The number of anilines is 1. The monoisotopic (exact) mass is 277 g/mol. The molecule has 1 N–H and O–H groups in total. The maximum absolute atomic E-state index is 4.83. The second kappa shape index (κ2) is 8.25. The summed E-state index contributed by atoms with van der Waals surface area (Å²) in [5, 5.41) is 3.23. The van der Waals surface area contributed by atoms with Gasteiger partial charge in [-0.15, -0.1) is 0 Å². The first-order valence-electron chi connectivity index (χ1n) is 7.85. The van der Waals surface area contributed by atoms with Crippen LogP contribution in [0.3, 0.4) is 0 Å². The van der Waals surface area contributed by atoms with Crippen LogP contribution in [0.25, 0.3) is 0 Å². The Morgan fingerprint density at radius 1 is 1.25 bits per heavy atom. The largest absolute Gasteiger partial charge is 0.357 e. The van der Waals surface area contributed by atoms with Gasteiger partial charge in [-0.25, -0.2) is 4.98 Å². The lowest BCUT2D eigenvalue weighted by atomic mass is 10.0. The minimum atomic E-state index is 0.516. The van der Waals surface area contributed by atoms with Crippen molar-refractivity contribution >= 4 is 5.82 Å². The Morgan fingerprint density at radius 2 is 1.95 bits per heavy atom. The predicted molar refractivity (Wildman–Crippen MR) is 88.3 cm³/mol. The van der Waals surface area contributed by atoms with Crippen molar-refractivity contribution in [2.24, 2.45) is 5.92 Å². The van der Waals surface area contributed by atoms with Crippen LogP contribution < -0.4 is 10.2 Å². The van der Waals surface area contributed by atoms with E-state index in [1.807, 2.05) is 7.05 Å². The van der Waals surface area contributed by atoms with Crippen molar-refractivity contribution in [1.29, 1.82) is 0 Å². The number of aryl methyl sites for hydroxylation is 1. The first-order chi connectivity index (χ1) is 9.47. The van der Waals surface area contributed by atoms with Crippen molar-refractivity contribution in [2.75, 3.05) is 19.0 Å². The second-order valence-corrected chi connectivity index (χ2v) is 6.19. The van der Waals surface area contributed by atoms with Crippen molar-refractivity contribution in [3.63, 3.8) is 0 Å². The van der Waals surface area contributed by atoms with Crippen LogP contribution in [-0.4, -0.2) is 25.1 Å². The summed E-state index contributed by atoms with van der Waals surface area (Å²) in [6.07, 6.45) is 3.38. The third kappa shape index (κ3) is 5.12. The maximum atomic E-state index is 4.83. The van der Waals surface area contributed by atoms with Crippen LogP contribution in [0, 0.1) is 5.92 Å². The van der Waals surface area contributed by atoms with Crippen molar-refractivity contribution in [2.45, 2.75) is 59.5 Å². The van der Waals surface area contributed by atoms with E-state index in [4.69, 9.17) is 4.98 Å². The van der Waals surface area contributed by atoms with Crippen molar-refractivity contribution in [1.82, 2.24) is 10.3 Å². The Balaban J connectivity index is 2.96. The van der Waals surface area contributed by atoms with Gasteiger partial charge in [-0.05, 0) is 50.4 Å². The van der Waals surface area contributed by atoms with Gasteiger partial charge in [0.1, 0.15) is 5.82 Å². The Hall–Kier alpha value is -1.09. The third-order valence-electron chi connectivity index (χ3n) is 3.65. The summed E-state index contributed by atoms with van der Waals surface area (Å²) < 4.78 is 0. The standard InChI is InChI=1S/C17H31N3/c1-7-8-16-10-15(12-18-5)11-17(19-16)20(6)14(4)9-13(2)3/h10-11,13-14,18H,7-9,12H2,1-6H3. The highest BCUT2D eigenvalue weighted by atomic mass is 15.2. The number of nitrogens with one attached hydrogen (secondary N) is 1. The van der Waals surface area contributed by atoms with E-state index in [-0.39, 0.29) is 0 Å². The van der Waals surface area contributed by atoms with E-state index in [1.54, 1.807) is 0 Å². The highest BCUT2D eigenvalue weighted by Gasteiger charge is 2.14. The molecule has 0 spiro atoms. The highest BCUT2D eigenvalue weighted by Crippen LogP contribution is 2.20. The lowest BCUT2D eigenvalue weighted by molar-refractivity contribution is 0.501. The van der Waals surface area contributed by atoms with Gasteiger partial charge in [0.2, 0.25) is 0 Å². The number of nitrogens with zero attached hydrogens (tertiary/aromatic N) is 2. The summed E-state index contributed by atoms with van der Waals surface area (Å²) in [7, 11) is 4.15. The zero-order chi connectivity index (χ0) is 15.1. The van der Waals surface area contributed by atoms with Gasteiger partial charge in [0.15, 0.2) is 0 Å². The molecule has 0 aliphatic carbocycles. The Bertz CT molecular complexity index is 377. The molecule has 0 aliphatic heterocycles. The van der Waals surface area contributed by atoms with Crippen molar-refractivity contribution in [3.8, 4) is 0 Å². The lowest BCUT2D eigenvalue weighted by Gasteiger charge is -2.28. The SMILES string of the molecule is CCCc1cc(CNC)cc(N(C)C(C)CC(C)C)n1. The van der Waals surface area contributed by atoms with Gasteiger partial charge < -0.3 is 10.2 Å². The average Bonchev–Trinajstić information content (AvgIpc) is 2.37. The van der Waals surface area contributed by atoms with Crippen LogP contribution in [0.1, 0.15) is 51.8 Å². The molecular formula is C17H31N3. The fourth-order valence-electron chi connectivity index (χ4n) is 2.57. The molecule has 1 rings (SSSR count). The summed E-state index contributed by atoms with van der Waals surface area (Å²) in [5.74, 6) is 1.82. The van der Waals surface area contributed by atoms with Crippen molar-refractivity contribution < 1.29 is 0 Å². The Labute approximate surface area is 124 Å². The average molecular weight is 277 g/mol. The van der Waals surface area contributed by atoms with E-state index >= 15 is 0 Å². The molecule has 0 aliphatic rings. The summed E-state index contributed by atoms with van der Waals surface area (Å²) >= 11 is 0. The summed E-state index contributed by atoms with van der Waals surface area (Å²) in [6.45, 7) is 9.94. The number of pyridine rings is 1. The number of rotatable bonds is 8. The van der Waals surface area contributed by atoms with Crippen LogP contribution in [0.2, 0.25) is 0 Å². The lowest BCUT2D eigenvalue weighted by Crippen LogP contribution is -2.31. The smallest absolute Gasteiger partial charge is 0.129 e. The molecule has 3 nitrogen and oxygen atoms in total. The van der Waals surface area contributed by atoms with E-state index in [9.17, 15) is 0 Å². The molecule has 20 heavy (non-hydrogen) atoms. The zero-order valence-corrected chi connectivity index (χ0v) is 14.0. The van der Waals surface area contributed by atoms with Gasteiger partial charge in [-0.1, -0.05) is 27.2 Å². The molecule has 1 heterocycles. The van der Waals surface area contributed by atoms with Gasteiger partial charge in [-0.3, -0.25) is 0 Å². The molecule has 0 amide bonds. The molecule has 0 radical (unpaired) electrons. The van der Waals surface area contributed by atoms with Gasteiger partial charge in [-0.2, -0.15) is 0 Å². The van der Waals surface area contributed by atoms with Crippen LogP contribution in [-0.2, 0) is 13.0 Å². The molecule has 0 saturated carbocycles. The predicted octanol–water partition coefficient (Wildman–Crippen LogP) is 3.62. The first kappa shape index (κ1) is 17.0. The highest BCUT2D eigenvalue weighted by molar-refractivity contribution is 5.43. The fraction of sp³-hybridized carbons (Fsp3) is 0.706. The Kier molecular flexibility index (Phi) is 7.00. The van der Waals surface area contributed by atoms with E-state index in [2.05, 4.69) is 57.1 Å². The number of hydrogen-bond acceptors (Lipinski definition) is 3. The molecule has 0 fully saturated rings. The van der Waals surface area contributed by atoms with Gasteiger partial charge >= 0.3 is 0 Å².